The Bertz CT molecular complexity index is 667. The molecule has 2 fully saturated rings. The summed E-state index contributed by atoms with van der Waals surface area (Å²) in [6, 6.07) is 6.67. The summed E-state index contributed by atoms with van der Waals surface area (Å²) in [4.78, 5) is 15.7. The summed E-state index contributed by atoms with van der Waals surface area (Å²) in [5.74, 6) is 1.09. The van der Waals surface area contributed by atoms with Crippen LogP contribution in [0.5, 0.6) is 0 Å². The number of piperazine rings is 2. The van der Waals surface area contributed by atoms with E-state index in [0.29, 0.717) is 0 Å². The van der Waals surface area contributed by atoms with E-state index >= 15 is 0 Å². The largest absolute Gasteiger partial charge is 0.341 e. The van der Waals surface area contributed by atoms with Crippen molar-refractivity contribution in [1.82, 2.24) is 30.0 Å². The Balaban J connectivity index is 1.42. The first kappa shape index (κ1) is 16.0. The normalized spacial score (nSPS) is 21.5. The molecule has 0 amide bonds. The Morgan fingerprint density at radius 1 is 0.958 bits per heavy atom. The van der Waals surface area contributed by atoms with Gasteiger partial charge in [0, 0.05) is 58.9 Å². The SMILES string of the molecule is CN1CCN(Cc2nc3ccc(CN4CCNCC4)cc3[nH]2)CC1. The summed E-state index contributed by atoms with van der Waals surface area (Å²) in [6.07, 6.45) is 0. The van der Waals surface area contributed by atoms with Crippen molar-refractivity contribution in [3.63, 3.8) is 0 Å². The number of nitrogens with one attached hydrogen (secondary N) is 2. The number of likely N-dealkylation sites (N-methyl/N-ethyl adjacent to an activating group) is 1. The summed E-state index contributed by atoms with van der Waals surface area (Å²) in [5.41, 5.74) is 3.63. The van der Waals surface area contributed by atoms with Crippen LogP contribution in [0.4, 0.5) is 0 Å². The molecule has 0 atom stereocenters. The lowest BCUT2D eigenvalue weighted by Crippen LogP contribution is -2.44. The van der Waals surface area contributed by atoms with E-state index in [9.17, 15) is 0 Å². The lowest BCUT2D eigenvalue weighted by molar-refractivity contribution is 0.146. The van der Waals surface area contributed by atoms with Crippen LogP contribution in [-0.2, 0) is 13.1 Å². The highest BCUT2D eigenvalue weighted by Gasteiger charge is 2.16. The van der Waals surface area contributed by atoms with Gasteiger partial charge in [0.25, 0.3) is 0 Å². The molecule has 0 unspecified atom stereocenters. The van der Waals surface area contributed by atoms with Crippen molar-refractivity contribution in [3.8, 4) is 0 Å². The molecule has 24 heavy (non-hydrogen) atoms. The van der Waals surface area contributed by atoms with E-state index in [2.05, 4.69) is 50.2 Å². The van der Waals surface area contributed by atoms with Crippen molar-refractivity contribution < 1.29 is 0 Å². The highest BCUT2D eigenvalue weighted by Crippen LogP contribution is 2.17. The van der Waals surface area contributed by atoms with Gasteiger partial charge in [0.15, 0.2) is 0 Å². The van der Waals surface area contributed by atoms with Crippen LogP contribution in [0, 0.1) is 0 Å². The minimum Gasteiger partial charge on any atom is -0.341 e. The third-order valence-corrected chi connectivity index (χ3v) is 5.18. The van der Waals surface area contributed by atoms with Gasteiger partial charge in [0.2, 0.25) is 0 Å². The molecule has 0 spiro atoms. The summed E-state index contributed by atoms with van der Waals surface area (Å²) in [6.45, 7) is 11.0. The average Bonchev–Trinajstić information content (AvgIpc) is 2.99. The average molecular weight is 328 g/mol. The number of aromatic nitrogens is 2. The van der Waals surface area contributed by atoms with Gasteiger partial charge >= 0.3 is 0 Å². The number of hydrogen-bond donors (Lipinski definition) is 2. The molecule has 2 aliphatic rings. The van der Waals surface area contributed by atoms with E-state index in [1.54, 1.807) is 0 Å². The molecule has 2 aliphatic heterocycles. The fourth-order valence-corrected chi connectivity index (χ4v) is 3.63. The van der Waals surface area contributed by atoms with Gasteiger partial charge < -0.3 is 15.2 Å². The molecule has 4 rings (SSSR count). The zero-order chi connectivity index (χ0) is 16.4. The molecule has 0 aliphatic carbocycles. The Morgan fingerprint density at radius 3 is 2.50 bits per heavy atom. The molecule has 1 aromatic heterocycles. The molecule has 3 heterocycles. The maximum atomic E-state index is 4.78. The van der Waals surface area contributed by atoms with Crippen molar-refractivity contribution >= 4 is 11.0 Å². The van der Waals surface area contributed by atoms with Gasteiger partial charge in [0.05, 0.1) is 17.6 Å². The van der Waals surface area contributed by atoms with E-state index in [-0.39, 0.29) is 0 Å². The third-order valence-electron chi connectivity index (χ3n) is 5.18. The number of nitrogens with zero attached hydrogens (tertiary/aromatic N) is 4. The van der Waals surface area contributed by atoms with Gasteiger partial charge in [-0.25, -0.2) is 4.98 Å². The molecule has 2 N–H and O–H groups in total. The van der Waals surface area contributed by atoms with E-state index in [0.717, 1.165) is 76.8 Å². The second-order valence-electron chi connectivity index (χ2n) is 7.14. The monoisotopic (exact) mass is 328 g/mol. The van der Waals surface area contributed by atoms with Crippen molar-refractivity contribution in [2.45, 2.75) is 13.1 Å². The van der Waals surface area contributed by atoms with Crippen LogP contribution in [-0.4, -0.2) is 84.1 Å². The number of fused-ring (bicyclic) bond motifs is 1. The first-order chi connectivity index (χ1) is 11.8. The molecule has 6 heteroatoms. The van der Waals surface area contributed by atoms with Crippen LogP contribution in [0.3, 0.4) is 0 Å². The van der Waals surface area contributed by atoms with E-state index in [4.69, 9.17) is 4.98 Å². The van der Waals surface area contributed by atoms with E-state index in [1.165, 1.54) is 11.1 Å². The van der Waals surface area contributed by atoms with Crippen molar-refractivity contribution in [2.75, 3.05) is 59.4 Å². The number of hydrogen-bond acceptors (Lipinski definition) is 5. The fraction of sp³-hybridized carbons (Fsp3) is 0.611. The van der Waals surface area contributed by atoms with Gasteiger partial charge in [-0.05, 0) is 24.7 Å². The van der Waals surface area contributed by atoms with E-state index < -0.39 is 0 Å². The third kappa shape index (κ3) is 3.78. The minimum atomic E-state index is 0.926. The van der Waals surface area contributed by atoms with Crippen LogP contribution < -0.4 is 5.32 Å². The van der Waals surface area contributed by atoms with Gasteiger partial charge in [0.1, 0.15) is 5.82 Å². The Kier molecular flexibility index (Phi) is 4.80. The van der Waals surface area contributed by atoms with Gasteiger partial charge in [-0.3, -0.25) is 9.80 Å². The summed E-state index contributed by atoms with van der Waals surface area (Å²) in [5, 5.41) is 3.41. The molecule has 0 saturated carbocycles. The van der Waals surface area contributed by atoms with Crippen LogP contribution in [0.25, 0.3) is 11.0 Å². The van der Waals surface area contributed by atoms with Crippen molar-refractivity contribution in [3.05, 3.63) is 29.6 Å². The first-order valence-corrected chi connectivity index (χ1v) is 9.08. The number of H-pyrrole nitrogens is 1. The second kappa shape index (κ2) is 7.19. The Hall–Kier alpha value is -1.47. The van der Waals surface area contributed by atoms with Crippen molar-refractivity contribution in [1.29, 1.82) is 0 Å². The van der Waals surface area contributed by atoms with Crippen LogP contribution >= 0.6 is 0 Å². The molecular weight excluding hydrogens is 300 g/mol. The molecule has 0 bridgehead atoms. The lowest BCUT2D eigenvalue weighted by Gasteiger charge is -2.31. The zero-order valence-corrected chi connectivity index (χ0v) is 14.6. The molecule has 130 valence electrons. The predicted molar refractivity (Wildman–Crippen MR) is 97.0 cm³/mol. The summed E-state index contributed by atoms with van der Waals surface area (Å²) >= 11 is 0. The van der Waals surface area contributed by atoms with Gasteiger partial charge in [-0.15, -0.1) is 0 Å². The second-order valence-corrected chi connectivity index (χ2v) is 7.14. The zero-order valence-electron chi connectivity index (χ0n) is 14.6. The molecule has 0 radical (unpaired) electrons. The molecule has 1 aromatic carbocycles. The van der Waals surface area contributed by atoms with Crippen LogP contribution in [0.1, 0.15) is 11.4 Å². The Labute approximate surface area is 143 Å². The molecular formula is C18H28N6. The quantitative estimate of drug-likeness (QED) is 0.866. The van der Waals surface area contributed by atoms with Crippen molar-refractivity contribution in [2.24, 2.45) is 0 Å². The summed E-state index contributed by atoms with van der Waals surface area (Å²) < 4.78 is 0. The highest BCUT2D eigenvalue weighted by atomic mass is 15.3. The smallest absolute Gasteiger partial charge is 0.121 e. The lowest BCUT2D eigenvalue weighted by atomic mass is 10.2. The number of imidazole rings is 1. The maximum absolute atomic E-state index is 4.78. The molecule has 6 nitrogen and oxygen atoms in total. The fourth-order valence-electron chi connectivity index (χ4n) is 3.63. The minimum absolute atomic E-state index is 0.926. The molecule has 2 aromatic rings. The Morgan fingerprint density at radius 2 is 1.71 bits per heavy atom. The topological polar surface area (TPSA) is 50.4 Å². The van der Waals surface area contributed by atoms with Crippen LogP contribution in [0.15, 0.2) is 18.2 Å². The standard InChI is InChI=1S/C18H28N6/c1-22-8-10-24(11-9-22)14-18-20-16-3-2-15(12-17(16)21-18)13-23-6-4-19-5-7-23/h2-3,12,19H,4-11,13-14H2,1H3,(H,20,21). The number of rotatable bonds is 4. The van der Waals surface area contributed by atoms with Crippen LogP contribution in [0.2, 0.25) is 0 Å². The van der Waals surface area contributed by atoms with Gasteiger partial charge in [-0.1, -0.05) is 6.07 Å². The summed E-state index contributed by atoms with van der Waals surface area (Å²) in [7, 11) is 2.19. The first-order valence-electron chi connectivity index (χ1n) is 9.08. The number of benzene rings is 1. The van der Waals surface area contributed by atoms with Gasteiger partial charge in [-0.2, -0.15) is 0 Å². The maximum Gasteiger partial charge on any atom is 0.121 e. The highest BCUT2D eigenvalue weighted by molar-refractivity contribution is 5.75. The predicted octanol–water partition coefficient (Wildman–Crippen LogP) is 0.716. The molecule has 2 saturated heterocycles. The van der Waals surface area contributed by atoms with E-state index in [1.807, 2.05) is 0 Å². The number of aromatic amines is 1.